The topological polar surface area (TPSA) is 64.6 Å². The van der Waals surface area contributed by atoms with Gasteiger partial charge in [-0.3, -0.25) is 4.79 Å². The number of hydrogen-bond acceptors (Lipinski definition) is 5. The van der Waals surface area contributed by atoms with Gasteiger partial charge in [0.1, 0.15) is 10.7 Å². The number of esters is 1. The first-order chi connectivity index (χ1) is 11.1. The number of carbonyl (C=O) groups excluding carboxylic acids is 2. The molecular formula is C16H18FNO4S. The molecule has 2 rings (SSSR count). The monoisotopic (exact) mass is 339 g/mol. The van der Waals surface area contributed by atoms with Crippen LogP contribution in [0.5, 0.6) is 0 Å². The van der Waals surface area contributed by atoms with Crippen LogP contribution in [0.25, 0.3) is 10.1 Å². The van der Waals surface area contributed by atoms with E-state index in [4.69, 9.17) is 9.47 Å². The molecule has 1 aromatic heterocycles. The Morgan fingerprint density at radius 3 is 2.83 bits per heavy atom. The first-order valence-electron chi connectivity index (χ1n) is 7.21. The zero-order valence-electron chi connectivity index (χ0n) is 13.0. The van der Waals surface area contributed by atoms with E-state index in [9.17, 15) is 14.0 Å². The number of halogens is 1. The predicted octanol–water partition coefficient (Wildman–Crippen LogP) is 2.87. The maximum absolute atomic E-state index is 14.0. The number of nitrogens with one attached hydrogen (secondary N) is 1. The zero-order chi connectivity index (χ0) is 16.8. The second-order valence-electron chi connectivity index (χ2n) is 4.88. The number of fused-ring (bicyclic) bond motifs is 1. The van der Waals surface area contributed by atoms with Crippen LogP contribution in [-0.4, -0.2) is 32.1 Å². The number of rotatable bonds is 7. The maximum atomic E-state index is 14.0. The Balaban J connectivity index is 2.21. The molecule has 0 aliphatic carbocycles. The lowest BCUT2D eigenvalue weighted by Crippen LogP contribution is -2.29. The first kappa shape index (κ1) is 17.4. The largest absolute Gasteiger partial charge is 0.451 e. The standard InChI is InChI=1S/C16H18FNO4S/c1-3-7-18-13(19)9-22-16(20)15-10(8-21-2)14-11(17)5-4-6-12(14)23-15/h4-6H,3,7-9H2,1-2H3,(H,18,19). The van der Waals surface area contributed by atoms with E-state index in [1.165, 1.54) is 13.2 Å². The smallest absolute Gasteiger partial charge is 0.349 e. The van der Waals surface area contributed by atoms with Gasteiger partial charge >= 0.3 is 5.97 Å². The van der Waals surface area contributed by atoms with Gasteiger partial charge in [-0.2, -0.15) is 0 Å². The average molecular weight is 339 g/mol. The summed E-state index contributed by atoms with van der Waals surface area (Å²) in [6.07, 6.45) is 0.799. The number of thiophene rings is 1. The Labute approximate surface area is 137 Å². The summed E-state index contributed by atoms with van der Waals surface area (Å²) in [7, 11) is 1.47. The molecule has 0 unspecified atom stereocenters. The molecule has 0 atom stereocenters. The van der Waals surface area contributed by atoms with Crippen molar-refractivity contribution in [2.75, 3.05) is 20.3 Å². The van der Waals surface area contributed by atoms with Crippen LogP contribution in [-0.2, 0) is 20.9 Å². The van der Waals surface area contributed by atoms with Gasteiger partial charge in [0.05, 0.1) is 6.61 Å². The van der Waals surface area contributed by atoms with Crippen molar-refractivity contribution < 1.29 is 23.5 Å². The molecule has 7 heteroatoms. The van der Waals surface area contributed by atoms with Crippen LogP contribution >= 0.6 is 11.3 Å². The molecule has 0 radical (unpaired) electrons. The van der Waals surface area contributed by atoms with Crippen LogP contribution in [0.3, 0.4) is 0 Å². The van der Waals surface area contributed by atoms with Gasteiger partial charge in [-0.1, -0.05) is 13.0 Å². The van der Waals surface area contributed by atoms with Gasteiger partial charge in [0, 0.05) is 29.3 Å². The predicted molar refractivity (Wildman–Crippen MR) is 86.1 cm³/mol. The molecule has 5 nitrogen and oxygen atoms in total. The van der Waals surface area contributed by atoms with Gasteiger partial charge in [0.25, 0.3) is 5.91 Å². The highest BCUT2D eigenvalue weighted by Gasteiger charge is 2.22. The number of carbonyl (C=O) groups is 2. The zero-order valence-corrected chi connectivity index (χ0v) is 13.8. The summed E-state index contributed by atoms with van der Waals surface area (Å²) in [5.41, 5.74) is 0.449. The average Bonchev–Trinajstić information content (AvgIpc) is 2.91. The van der Waals surface area contributed by atoms with Crippen molar-refractivity contribution in [1.29, 1.82) is 0 Å². The molecule has 0 bridgehead atoms. The summed E-state index contributed by atoms with van der Waals surface area (Å²) in [4.78, 5) is 24.0. The number of ether oxygens (including phenoxy) is 2. The summed E-state index contributed by atoms with van der Waals surface area (Å²) in [6.45, 7) is 2.18. The Morgan fingerprint density at radius 1 is 1.35 bits per heavy atom. The highest BCUT2D eigenvalue weighted by molar-refractivity contribution is 7.21. The highest BCUT2D eigenvalue weighted by atomic mass is 32.1. The summed E-state index contributed by atoms with van der Waals surface area (Å²) in [6, 6.07) is 4.65. The highest BCUT2D eigenvalue weighted by Crippen LogP contribution is 2.34. The molecule has 124 valence electrons. The molecule has 1 heterocycles. The number of benzene rings is 1. The van der Waals surface area contributed by atoms with Gasteiger partial charge in [0.2, 0.25) is 0 Å². The summed E-state index contributed by atoms with van der Waals surface area (Å²) >= 11 is 1.13. The van der Waals surface area contributed by atoms with Crippen molar-refractivity contribution in [3.8, 4) is 0 Å². The van der Waals surface area contributed by atoms with Crippen LogP contribution in [0, 0.1) is 5.82 Å². The van der Waals surface area contributed by atoms with Crippen molar-refractivity contribution in [3.05, 3.63) is 34.5 Å². The molecule has 2 aromatic rings. The van der Waals surface area contributed by atoms with E-state index in [0.29, 0.717) is 22.2 Å². The lowest BCUT2D eigenvalue weighted by atomic mass is 10.1. The molecule has 1 amide bonds. The van der Waals surface area contributed by atoms with Crippen LogP contribution in [0.4, 0.5) is 4.39 Å². The van der Waals surface area contributed by atoms with Crippen molar-refractivity contribution in [2.24, 2.45) is 0 Å². The minimum absolute atomic E-state index is 0.0907. The van der Waals surface area contributed by atoms with E-state index in [0.717, 1.165) is 17.8 Å². The van der Waals surface area contributed by atoms with Crippen LogP contribution in [0.15, 0.2) is 18.2 Å². The number of hydrogen-bond donors (Lipinski definition) is 1. The minimum Gasteiger partial charge on any atom is -0.451 e. The molecule has 0 fully saturated rings. The molecule has 0 saturated heterocycles. The Bertz CT molecular complexity index is 713. The van der Waals surface area contributed by atoms with Gasteiger partial charge in [-0.15, -0.1) is 11.3 Å². The van der Waals surface area contributed by atoms with Gasteiger partial charge in [0.15, 0.2) is 6.61 Å². The molecule has 1 N–H and O–H groups in total. The second kappa shape index (κ2) is 8.03. The minimum atomic E-state index is -0.649. The van der Waals surface area contributed by atoms with E-state index >= 15 is 0 Å². The first-order valence-corrected chi connectivity index (χ1v) is 8.02. The fourth-order valence-electron chi connectivity index (χ4n) is 2.13. The lowest BCUT2D eigenvalue weighted by molar-refractivity contribution is -0.124. The molecule has 0 aliphatic rings. The van der Waals surface area contributed by atoms with Crippen LogP contribution < -0.4 is 5.32 Å². The van der Waals surface area contributed by atoms with Crippen molar-refractivity contribution in [3.63, 3.8) is 0 Å². The third-order valence-electron chi connectivity index (χ3n) is 3.14. The molecule has 1 aromatic carbocycles. The fourth-order valence-corrected chi connectivity index (χ4v) is 3.24. The quantitative estimate of drug-likeness (QED) is 0.788. The van der Waals surface area contributed by atoms with Gasteiger partial charge < -0.3 is 14.8 Å². The van der Waals surface area contributed by atoms with E-state index in [2.05, 4.69) is 5.32 Å². The van der Waals surface area contributed by atoms with Crippen molar-refractivity contribution in [1.82, 2.24) is 5.32 Å². The SMILES string of the molecule is CCCNC(=O)COC(=O)c1sc2cccc(F)c2c1COC. The van der Waals surface area contributed by atoms with Crippen LogP contribution in [0.2, 0.25) is 0 Å². The maximum Gasteiger partial charge on any atom is 0.349 e. The lowest BCUT2D eigenvalue weighted by Gasteiger charge is -2.06. The molecule has 0 saturated carbocycles. The fraction of sp³-hybridized carbons (Fsp3) is 0.375. The third kappa shape index (κ3) is 4.05. The van der Waals surface area contributed by atoms with E-state index < -0.39 is 11.8 Å². The Morgan fingerprint density at radius 2 is 2.13 bits per heavy atom. The summed E-state index contributed by atoms with van der Waals surface area (Å²) in [5, 5.41) is 2.98. The molecular weight excluding hydrogens is 321 g/mol. The third-order valence-corrected chi connectivity index (χ3v) is 4.32. The number of amides is 1. The van der Waals surface area contributed by atoms with Crippen LogP contribution in [0.1, 0.15) is 28.6 Å². The van der Waals surface area contributed by atoms with Crippen molar-refractivity contribution >= 4 is 33.3 Å². The normalized spacial score (nSPS) is 10.7. The summed E-state index contributed by atoms with van der Waals surface area (Å²) < 4.78 is 24.8. The summed E-state index contributed by atoms with van der Waals surface area (Å²) in [5.74, 6) is -1.42. The van der Waals surface area contributed by atoms with Gasteiger partial charge in [-0.25, -0.2) is 9.18 Å². The van der Waals surface area contributed by atoms with Gasteiger partial charge in [-0.05, 0) is 18.6 Å². The number of methoxy groups -OCH3 is 1. The molecule has 0 spiro atoms. The molecule has 0 aliphatic heterocycles. The van der Waals surface area contributed by atoms with Crippen molar-refractivity contribution in [2.45, 2.75) is 20.0 Å². The Kier molecular flexibility index (Phi) is 6.06. The molecule has 23 heavy (non-hydrogen) atoms. The van der Waals surface area contributed by atoms with E-state index in [1.807, 2.05) is 6.92 Å². The Hall–Kier alpha value is -1.99. The second-order valence-corrected chi connectivity index (χ2v) is 5.93. The van der Waals surface area contributed by atoms with E-state index in [-0.39, 0.29) is 24.0 Å². The van der Waals surface area contributed by atoms with E-state index in [1.54, 1.807) is 12.1 Å².